The molecular weight excluding hydrogens is 380 g/mol. The summed E-state index contributed by atoms with van der Waals surface area (Å²) in [6, 6.07) is 4.65. The van der Waals surface area contributed by atoms with Crippen LogP contribution in [0.2, 0.25) is 0 Å². The van der Waals surface area contributed by atoms with Gasteiger partial charge in [0.15, 0.2) is 5.16 Å². The maximum absolute atomic E-state index is 12.6. The van der Waals surface area contributed by atoms with E-state index in [0.29, 0.717) is 15.6 Å². The minimum atomic E-state index is -0.473. The van der Waals surface area contributed by atoms with Gasteiger partial charge in [-0.2, -0.15) is 0 Å². The van der Waals surface area contributed by atoms with E-state index in [1.165, 1.54) is 12.4 Å². The number of carbonyl (C=O) groups is 1. The quantitative estimate of drug-likeness (QED) is 0.558. The summed E-state index contributed by atoms with van der Waals surface area (Å²) in [5.74, 6) is -0.271. The highest BCUT2D eigenvalue weighted by molar-refractivity contribution is 7.99. The number of likely N-dealkylation sites (tertiary alicyclic amines) is 1. The van der Waals surface area contributed by atoms with Crippen LogP contribution in [0.15, 0.2) is 34.6 Å². The van der Waals surface area contributed by atoms with Gasteiger partial charge in [0.1, 0.15) is 6.33 Å². The van der Waals surface area contributed by atoms with Gasteiger partial charge in [0, 0.05) is 37.8 Å². The number of hydrogen-bond acceptors (Lipinski definition) is 7. The van der Waals surface area contributed by atoms with Crippen LogP contribution in [0.25, 0.3) is 0 Å². The normalized spacial score (nSPS) is 15.5. The number of nitro benzene ring substituents is 1. The maximum atomic E-state index is 12.6. The van der Waals surface area contributed by atoms with Crippen molar-refractivity contribution in [1.29, 1.82) is 0 Å². The number of nitro groups is 1. The van der Waals surface area contributed by atoms with Crippen molar-refractivity contribution >= 4 is 23.4 Å². The van der Waals surface area contributed by atoms with Crippen LogP contribution in [0.5, 0.6) is 0 Å². The Morgan fingerprint density at radius 3 is 2.75 bits per heavy atom. The van der Waals surface area contributed by atoms with Crippen molar-refractivity contribution in [3.05, 3.63) is 40.2 Å². The Morgan fingerprint density at radius 1 is 1.39 bits per heavy atom. The predicted molar refractivity (Wildman–Crippen MR) is 105 cm³/mol. The Balaban J connectivity index is 1.68. The highest BCUT2D eigenvalue weighted by Crippen LogP contribution is 2.34. The summed E-state index contributed by atoms with van der Waals surface area (Å²) in [6.07, 6.45) is 4.45. The van der Waals surface area contributed by atoms with E-state index in [9.17, 15) is 14.9 Å². The smallest absolute Gasteiger partial charge is 0.284 e. The van der Waals surface area contributed by atoms with Crippen LogP contribution in [-0.2, 0) is 7.05 Å². The van der Waals surface area contributed by atoms with Gasteiger partial charge in [-0.25, -0.2) is 0 Å². The molecule has 1 aromatic heterocycles. The first kappa shape index (κ1) is 20.3. The zero-order valence-corrected chi connectivity index (χ0v) is 16.8. The molecule has 1 amide bonds. The van der Waals surface area contributed by atoms with E-state index in [1.807, 2.05) is 0 Å². The first-order chi connectivity index (χ1) is 13.5. The van der Waals surface area contributed by atoms with Crippen molar-refractivity contribution in [3.8, 4) is 0 Å². The molecular formula is C18H24N6O3S. The third-order valence-corrected chi connectivity index (χ3v) is 5.87. The van der Waals surface area contributed by atoms with Crippen LogP contribution < -0.4 is 5.32 Å². The summed E-state index contributed by atoms with van der Waals surface area (Å²) in [5, 5.41) is 22.8. The van der Waals surface area contributed by atoms with E-state index in [0.717, 1.165) is 50.7 Å². The van der Waals surface area contributed by atoms with Crippen LogP contribution in [0.1, 0.15) is 36.5 Å². The number of nitrogens with zero attached hydrogens (tertiary/aromatic N) is 5. The first-order valence-corrected chi connectivity index (χ1v) is 10.1. The van der Waals surface area contributed by atoms with E-state index in [2.05, 4.69) is 27.3 Å². The van der Waals surface area contributed by atoms with Crippen LogP contribution in [0.4, 0.5) is 5.69 Å². The molecule has 1 fully saturated rings. The fraction of sp³-hybridized carbons (Fsp3) is 0.500. The lowest BCUT2D eigenvalue weighted by Crippen LogP contribution is -2.44. The molecule has 1 saturated heterocycles. The van der Waals surface area contributed by atoms with Gasteiger partial charge in [0.2, 0.25) is 0 Å². The maximum Gasteiger partial charge on any atom is 0.284 e. The van der Waals surface area contributed by atoms with E-state index in [1.54, 1.807) is 23.7 Å². The molecule has 3 rings (SSSR count). The Labute approximate surface area is 167 Å². The molecule has 0 atom stereocenters. The van der Waals surface area contributed by atoms with Crippen LogP contribution in [-0.4, -0.2) is 56.2 Å². The molecule has 0 spiro atoms. The molecule has 2 heterocycles. The van der Waals surface area contributed by atoms with Crippen LogP contribution in [0, 0.1) is 10.1 Å². The average molecular weight is 404 g/mol. The lowest BCUT2D eigenvalue weighted by Gasteiger charge is -2.32. The van der Waals surface area contributed by atoms with Crippen molar-refractivity contribution in [2.24, 2.45) is 7.05 Å². The number of piperidine rings is 1. The number of benzene rings is 1. The van der Waals surface area contributed by atoms with E-state index in [4.69, 9.17) is 0 Å². The standard InChI is InChI=1S/C18H24N6O3S/c1-3-8-23-9-6-14(7-10-23)20-17(25)13-4-5-16(15(11-13)24(26)27)28-18-21-19-12-22(18)2/h4-5,11-12,14H,3,6-10H2,1-2H3,(H,20,25). The van der Waals surface area contributed by atoms with Crippen molar-refractivity contribution in [2.75, 3.05) is 19.6 Å². The van der Waals surface area contributed by atoms with Crippen molar-refractivity contribution in [2.45, 2.75) is 42.3 Å². The molecule has 150 valence electrons. The minimum Gasteiger partial charge on any atom is -0.349 e. The van der Waals surface area contributed by atoms with Gasteiger partial charge >= 0.3 is 0 Å². The zero-order chi connectivity index (χ0) is 20.1. The summed E-state index contributed by atoms with van der Waals surface area (Å²) in [6.45, 7) is 5.17. The summed E-state index contributed by atoms with van der Waals surface area (Å²) in [5.41, 5.74) is 0.184. The minimum absolute atomic E-state index is 0.104. The Hall–Kier alpha value is -2.46. The van der Waals surface area contributed by atoms with Crippen molar-refractivity contribution < 1.29 is 9.72 Å². The monoisotopic (exact) mass is 404 g/mol. The molecule has 0 radical (unpaired) electrons. The molecule has 0 aliphatic carbocycles. The van der Waals surface area contributed by atoms with Gasteiger partial charge in [-0.05, 0) is 49.7 Å². The summed E-state index contributed by atoms with van der Waals surface area (Å²) in [4.78, 5) is 26.4. The number of aryl methyl sites for hydroxylation is 1. The third-order valence-electron chi connectivity index (χ3n) is 4.75. The highest BCUT2D eigenvalue weighted by Gasteiger charge is 2.23. The molecule has 0 saturated carbocycles. The van der Waals surface area contributed by atoms with Gasteiger partial charge in [-0.1, -0.05) is 6.92 Å². The SMILES string of the molecule is CCCN1CCC(NC(=O)c2ccc(Sc3nncn3C)c([N+](=O)[O-])c2)CC1. The van der Waals surface area contributed by atoms with Gasteiger partial charge in [0.05, 0.1) is 9.82 Å². The number of nitrogens with one attached hydrogen (secondary N) is 1. The fourth-order valence-corrected chi connectivity index (χ4v) is 4.09. The average Bonchev–Trinajstić information content (AvgIpc) is 3.08. The van der Waals surface area contributed by atoms with Crippen LogP contribution >= 0.6 is 11.8 Å². The lowest BCUT2D eigenvalue weighted by molar-refractivity contribution is -0.387. The zero-order valence-electron chi connectivity index (χ0n) is 16.0. The van der Waals surface area contributed by atoms with Gasteiger partial charge in [-0.3, -0.25) is 14.9 Å². The Morgan fingerprint density at radius 2 is 2.14 bits per heavy atom. The summed E-state index contributed by atoms with van der Waals surface area (Å²) >= 11 is 1.15. The van der Waals surface area contributed by atoms with Crippen molar-refractivity contribution in [1.82, 2.24) is 25.0 Å². The summed E-state index contributed by atoms with van der Waals surface area (Å²) < 4.78 is 1.68. The molecule has 0 unspecified atom stereocenters. The number of hydrogen-bond donors (Lipinski definition) is 1. The molecule has 2 aromatic rings. The number of carbonyl (C=O) groups excluding carboxylic acids is 1. The largest absolute Gasteiger partial charge is 0.349 e. The second kappa shape index (κ2) is 9.16. The number of rotatable bonds is 7. The lowest BCUT2D eigenvalue weighted by atomic mass is 10.0. The molecule has 1 N–H and O–H groups in total. The molecule has 28 heavy (non-hydrogen) atoms. The topological polar surface area (TPSA) is 106 Å². The van der Waals surface area contributed by atoms with E-state index >= 15 is 0 Å². The fourth-order valence-electron chi connectivity index (χ4n) is 3.24. The predicted octanol–water partition coefficient (Wildman–Crippen LogP) is 2.48. The van der Waals surface area contributed by atoms with Gasteiger partial charge in [-0.15, -0.1) is 10.2 Å². The molecule has 1 aromatic carbocycles. The molecule has 1 aliphatic heterocycles. The second-order valence-electron chi connectivity index (χ2n) is 6.86. The molecule has 9 nitrogen and oxygen atoms in total. The summed E-state index contributed by atoms with van der Waals surface area (Å²) in [7, 11) is 1.77. The van der Waals surface area contributed by atoms with E-state index < -0.39 is 4.92 Å². The first-order valence-electron chi connectivity index (χ1n) is 9.31. The van der Waals surface area contributed by atoms with Gasteiger partial charge < -0.3 is 14.8 Å². The van der Waals surface area contributed by atoms with Crippen molar-refractivity contribution in [3.63, 3.8) is 0 Å². The van der Waals surface area contributed by atoms with E-state index in [-0.39, 0.29) is 17.6 Å². The second-order valence-corrected chi connectivity index (χ2v) is 7.86. The Bertz CT molecular complexity index is 848. The van der Waals surface area contributed by atoms with Gasteiger partial charge in [0.25, 0.3) is 11.6 Å². The van der Waals surface area contributed by atoms with Crippen LogP contribution in [0.3, 0.4) is 0 Å². The third kappa shape index (κ3) is 4.87. The molecule has 10 heteroatoms. The number of amides is 1. The Kier molecular flexibility index (Phi) is 6.63. The molecule has 1 aliphatic rings. The highest BCUT2D eigenvalue weighted by atomic mass is 32.2. The number of aromatic nitrogens is 3. The molecule has 0 bridgehead atoms.